The second-order valence-electron chi connectivity index (χ2n) is 8.01. The van der Waals surface area contributed by atoms with Crippen molar-refractivity contribution in [3.63, 3.8) is 0 Å². The Labute approximate surface area is 108 Å². The minimum absolute atomic E-state index is 0.253. The van der Waals surface area contributed by atoms with Crippen LogP contribution in [0.5, 0.6) is 0 Å². The van der Waals surface area contributed by atoms with Gasteiger partial charge in [0, 0.05) is 18.6 Å². The van der Waals surface area contributed by atoms with E-state index in [4.69, 9.17) is 5.73 Å². The van der Waals surface area contributed by atoms with Gasteiger partial charge in [-0.25, -0.2) is 0 Å². The summed E-state index contributed by atoms with van der Waals surface area (Å²) < 4.78 is 0. The zero-order valence-corrected chi connectivity index (χ0v) is 12.8. The Bertz CT molecular complexity index is 240. The van der Waals surface area contributed by atoms with Gasteiger partial charge in [0.25, 0.3) is 0 Å². The maximum Gasteiger partial charge on any atom is 0.0329 e. The van der Waals surface area contributed by atoms with Crippen LogP contribution >= 0.6 is 0 Å². The maximum atomic E-state index is 6.10. The Morgan fingerprint density at radius 1 is 1.06 bits per heavy atom. The summed E-state index contributed by atoms with van der Waals surface area (Å²) in [5.41, 5.74) is 7.22. The molecule has 2 heteroatoms. The third kappa shape index (κ3) is 3.96. The summed E-state index contributed by atoms with van der Waals surface area (Å²) in [5.74, 6) is 0. The highest BCUT2D eigenvalue weighted by atomic mass is 15.2. The molecule has 0 unspecified atom stereocenters. The van der Waals surface area contributed by atoms with E-state index in [9.17, 15) is 0 Å². The number of hydrogen-bond acceptors (Lipinski definition) is 2. The molecule has 1 fully saturated rings. The lowest BCUT2D eigenvalue weighted by atomic mass is 9.68. The lowest BCUT2D eigenvalue weighted by molar-refractivity contribution is 0.0219. The minimum Gasteiger partial charge on any atom is -0.329 e. The predicted molar refractivity (Wildman–Crippen MR) is 76.1 cm³/mol. The van der Waals surface area contributed by atoms with Gasteiger partial charge in [-0.3, -0.25) is 4.90 Å². The lowest BCUT2D eigenvalue weighted by Gasteiger charge is -2.50. The van der Waals surface area contributed by atoms with Crippen molar-refractivity contribution in [2.45, 2.75) is 65.8 Å². The third-order valence-corrected chi connectivity index (χ3v) is 4.44. The van der Waals surface area contributed by atoms with Crippen LogP contribution in [-0.4, -0.2) is 30.6 Å². The van der Waals surface area contributed by atoms with Gasteiger partial charge in [0.1, 0.15) is 0 Å². The van der Waals surface area contributed by atoms with E-state index in [-0.39, 0.29) is 5.54 Å². The average Bonchev–Trinajstić information content (AvgIpc) is 2.16. The topological polar surface area (TPSA) is 29.3 Å². The van der Waals surface area contributed by atoms with Crippen LogP contribution in [0.1, 0.15) is 60.3 Å². The summed E-state index contributed by atoms with van der Waals surface area (Å²) in [5, 5.41) is 0. The van der Waals surface area contributed by atoms with E-state index in [0.717, 1.165) is 13.1 Å². The molecule has 0 heterocycles. The molecule has 0 spiro atoms. The maximum absolute atomic E-state index is 6.10. The normalized spacial score (nSPS) is 24.0. The number of hydrogen-bond donors (Lipinski definition) is 1. The molecule has 1 rings (SSSR count). The van der Waals surface area contributed by atoms with E-state index in [1.807, 2.05) is 0 Å². The Morgan fingerprint density at radius 2 is 1.53 bits per heavy atom. The van der Waals surface area contributed by atoms with E-state index >= 15 is 0 Å². The van der Waals surface area contributed by atoms with E-state index in [1.54, 1.807) is 0 Å². The molecule has 1 saturated carbocycles. The zero-order chi connectivity index (χ0) is 13.3. The van der Waals surface area contributed by atoms with E-state index in [0.29, 0.717) is 10.8 Å². The number of likely N-dealkylation sites (N-methyl/N-ethyl adjacent to an activating group) is 1. The summed E-state index contributed by atoms with van der Waals surface area (Å²) in [6.07, 6.45) is 5.11. The average molecular weight is 240 g/mol. The summed E-state index contributed by atoms with van der Waals surface area (Å²) in [4.78, 5) is 2.53. The molecule has 0 atom stereocenters. The highest BCUT2D eigenvalue weighted by Crippen LogP contribution is 2.42. The Morgan fingerprint density at radius 3 is 1.88 bits per heavy atom. The highest BCUT2D eigenvalue weighted by molar-refractivity contribution is 4.97. The first-order valence-corrected chi connectivity index (χ1v) is 7.02. The van der Waals surface area contributed by atoms with Crippen molar-refractivity contribution in [3.8, 4) is 0 Å². The molecule has 2 nitrogen and oxygen atoms in total. The van der Waals surface area contributed by atoms with Crippen LogP contribution in [0.25, 0.3) is 0 Å². The molecule has 1 aliphatic carbocycles. The second-order valence-corrected chi connectivity index (χ2v) is 8.01. The largest absolute Gasteiger partial charge is 0.329 e. The molecule has 0 aromatic rings. The quantitative estimate of drug-likeness (QED) is 0.820. The van der Waals surface area contributed by atoms with Gasteiger partial charge >= 0.3 is 0 Å². The van der Waals surface area contributed by atoms with Gasteiger partial charge in [0.15, 0.2) is 0 Å². The van der Waals surface area contributed by atoms with Crippen molar-refractivity contribution < 1.29 is 0 Å². The molecule has 0 aromatic heterocycles. The van der Waals surface area contributed by atoms with Gasteiger partial charge in [-0.05, 0) is 43.6 Å². The highest BCUT2D eigenvalue weighted by Gasteiger charge is 2.40. The molecule has 0 saturated heterocycles. The van der Waals surface area contributed by atoms with Gasteiger partial charge in [-0.2, -0.15) is 0 Å². The molecule has 17 heavy (non-hydrogen) atoms. The molecule has 0 radical (unpaired) electrons. The van der Waals surface area contributed by atoms with Crippen molar-refractivity contribution in [2.24, 2.45) is 16.6 Å². The van der Waals surface area contributed by atoms with Crippen LogP contribution in [0.15, 0.2) is 0 Å². The van der Waals surface area contributed by atoms with E-state index in [2.05, 4.69) is 46.6 Å². The second kappa shape index (κ2) is 4.89. The molecule has 1 aliphatic rings. The first-order chi connectivity index (χ1) is 7.60. The van der Waals surface area contributed by atoms with Crippen LogP contribution in [0.3, 0.4) is 0 Å². The monoisotopic (exact) mass is 240 g/mol. The number of nitrogens with two attached hydrogens (primary N) is 1. The molecule has 0 bridgehead atoms. The fourth-order valence-corrected chi connectivity index (χ4v) is 3.01. The Balaban J connectivity index is 2.70. The molecule has 0 aromatic carbocycles. The number of rotatable bonds is 3. The van der Waals surface area contributed by atoms with Crippen LogP contribution in [-0.2, 0) is 0 Å². The molecule has 0 aliphatic heterocycles. The van der Waals surface area contributed by atoms with Gasteiger partial charge in [-0.1, -0.05) is 34.6 Å². The Kier molecular flexibility index (Phi) is 4.31. The molecule has 102 valence electrons. The molecule has 2 N–H and O–H groups in total. The van der Waals surface area contributed by atoms with Crippen molar-refractivity contribution in [1.82, 2.24) is 4.90 Å². The van der Waals surface area contributed by atoms with Crippen LogP contribution in [0.2, 0.25) is 0 Å². The van der Waals surface area contributed by atoms with Gasteiger partial charge < -0.3 is 5.73 Å². The van der Waals surface area contributed by atoms with Crippen LogP contribution in [0.4, 0.5) is 0 Å². The van der Waals surface area contributed by atoms with Crippen molar-refractivity contribution in [3.05, 3.63) is 0 Å². The summed E-state index contributed by atoms with van der Waals surface area (Å²) in [6, 6.07) is 0. The van der Waals surface area contributed by atoms with Crippen molar-refractivity contribution in [2.75, 3.05) is 20.1 Å². The molecule has 0 amide bonds. The predicted octanol–water partition coefficient (Wildman–Crippen LogP) is 3.26. The van der Waals surface area contributed by atoms with Crippen LogP contribution in [0, 0.1) is 10.8 Å². The lowest BCUT2D eigenvalue weighted by Crippen LogP contribution is -2.56. The standard InChI is InChI=1S/C15H32N2/c1-13(2,3)12-17(6)15(11-16)9-7-14(4,5)8-10-15/h7-12,16H2,1-6H3. The Hall–Kier alpha value is -0.0800. The first kappa shape index (κ1) is 15.0. The summed E-state index contributed by atoms with van der Waals surface area (Å²) >= 11 is 0. The fourth-order valence-electron chi connectivity index (χ4n) is 3.01. The SMILES string of the molecule is CN(CC(C)(C)C)C1(CN)CCC(C)(C)CC1. The minimum atomic E-state index is 0.253. The van der Waals surface area contributed by atoms with Gasteiger partial charge in [0.05, 0.1) is 0 Å². The molecular formula is C15H32N2. The van der Waals surface area contributed by atoms with Gasteiger partial charge in [0.2, 0.25) is 0 Å². The van der Waals surface area contributed by atoms with E-state index in [1.165, 1.54) is 25.7 Å². The van der Waals surface area contributed by atoms with Crippen LogP contribution < -0.4 is 5.73 Å². The summed E-state index contributed by atoms with van der Waals surface area (Å²) in [6.45, 7) is 13.6. The van der Waals surface area contributed by atoms with Gasteiger partial charge in [-0.15, -0.1) is 0 Å². The summed E-state index contributed by atoms with van der Waals surface area (Å²) in [7, 11) is 2.26. The van der Waals surface area contributed by atoms with Crippen molar-refractivity contribution >= 4 is 0 Å². The number of nitrogens with zero attached hydrogens (tertiary/aromatic N) is 1. The first-order valence-electron chi connectivity index (χ1n) is 7.02. The van der Waals surface area contributed by atoms with Crippen molar-refractivity contribution in [1.29, 1.82) is 0 Å². The van der Waals surface area contributed by atoms with E-state index < -0.39 is 0 Å². The molecular weight excluding hydrogens is 208 g/mol. The third-order valence-electron chi connectivity index (χ3n) is 4.44. The zero-order valence-electron chi connectivity index (χ0n) is 12.8. The smallest absolute Gasteiger partial charge is 0.0329 e. The fraction of sp³-hybridized carbons (Fsp3) is 1.00.